The number of nitrogens with two attached hydrogens (primary N) is 1. The highest BCUT2D eigenvalue weighted by molar-refractivity contribution is 7.10. The van der Waals surface area contributed by atoms with Crippen molar-refractivity contribution in [3.8, 4) is 0 Å². The SMILES string of the molecule is Nc1csc(C2CCC2)n1. The lowest BCUT2D eigenvalue weighted by atomic mass is 9.86. The van der Waals surface area contributed by atoms with Gasteiger partial charge >= 0.3 is 0 Å². The molecular formula is C7H10N2S. The molecule has 1 saturated carbocycles. The van der Waals surface area contributed by atoms with Crippen molar-refractivity contribution in [1.82, 2.24) is 4.98 Å². The maximum Gasteiger partial charge on any atom is 0.134 e. The van der Waals surface area contributed by atoms with E-state index in [0.29, 0.717) is 5.82 Å². The number of hydrogen-bond donors (Lipinski definition) is 1. The van der Waals surface area contributed by atoms with Crippen LogP contribution >= 0.6 is 11.3 Å². The molecule has 0 spiro atoms. The first-order valence-electron chi connectivity index (χ1n) is 3.57. The molecule has 0 unspecified atom stereocenters. The maximum absolute atomic E-state index is 5.49. The highest BCUT2D eigenvalue weighted by atomic mass is 32.1. The molecule has 10 heavy (non-hydrogen) atoms. The minimum atomic E-state index is 0.687. The fraction of sp³-hybridized carbons (Fsp3) is 0.571. The van der Waals surface area contributed by atoms with E-state index in [1.165, 1.54) is 24.3 Å². The second-order valence-corrected chi connectivity index (χ2v) is 3.63. The summed E-state index contributed by atoms with van der Waals surface area (Å²) in [7, 11) is 0. The second-order valence-electron chi connectivity index (χ2n) is 2.74. The van der Waals surface area contributed by atoms with Gasteiger partial charge in [0.1, 0.15) is 5.82 Å². The molecule has 0 aliphatic heterocycles. The molecule has 54 valence electrons. The van der Waals surface area contributed by atoms with Crippen LogP contribution in [-0.2, 0) is 0 Å². The Morgan fingerprint density at radius 2 is 2.40 bits per heavy atom. The number of aromatic nitrogens is 1. The lowest BCUT2D eigenvalue weighted by molar-refractivity contribution is 0.418. The summed E-state index contributed by atoms with van der Waals surface area (Å²) in [5.74, 6) is 1.43. The Balaban J connectivity index is 2.17. The average molecular weight is 154 g/mol. The predicted octanol–water partition coefficient (Wildman–Crippen LogP) is 1.99. The average Bonchev–Trinajstić information content (AvgIpc) is 2.10. The van der Waals surface area contributed by atoms with Crippen molar-refractivity contribution < 1.29 is 0 Å². The Labute approximate surface area is 64.1 Å². The highest BCUT2D eigenvalue weighted by Crippen LogP contribution is 2.37. The van der Waals surface area contributed by atoms with Crippen LogP contribution in [0.4, 0.5) is 5.82 Å². The maximum atomic E-state index is 5.49. The van der Waals surface area contributed by atoms with Crippen LogP contribution in [0.15, 0.2) is 5.38 Å². The standard InChI is InChI=1S/C7H10N2S/c8-6-4-10-7(9-6)5-2-1-3-5/h4-5H,1-3,8H2. The second kappa shape index (κ2) is 2.23. The third kappa shape index (κ3) is 0.904. The first-order valence-corrected chi connectivity index (χ1v) is 4.45. The molecule has 1 aliphatic rings. The molecule has 3 heteroatoms. The van der Waals surface area contributed by atoms with E-state index in [-0.39, 0.29) is 0 Å². The number of nitrogen functional groups attached to an aromatic ring is 1. The summed E-state index contributed by atoms with van der Waals surface area (Å²) < 4.78 is 0. The van der Waals surface area contributed by atoms with Crippen LogP contribution < -0.4 is 5.73 Å². The molecule has 1 aliphatic carbocycles. The van der Waals surface area contributed by atoms with Crippen LogP contribution in [0.25, 0.3) is 0 Å². The number of anilines is 1. The van der Waals surface area contributed by atoms with Gasteiger partial charge in [0.2, 0.25) is 0 Å². The van der Waals surface area contributed by atoms with Gasteiger partial charge < -0.3 is 5.73 Å². The van der Waals surface area contributed by atoms with E-state index in [1.54, 1.807) is 11.3 Å². The molecule has 0 radical (unpaired) electrons. The largest absolute Gasteiger partial charge is 0.383 e. The molecule has 1 heterocycles. The van der Waals surface area contributed by atoms with E-state index in [4.69, 9.17) is 5.73 Å². The van der Waals surface area contributed by atoms with Gasteiger partial charge in [0.05, 0.1) is 5.01 Å². The summed E-state index contributed by atoms with van der Waals surface area (Å²) in [6, 6.07) is 0. The number of rotatable bonds is 1. The summed E-state index contributed by atoms with van der Waals surface area (Å²) >= 11 is 1.70. The van der Waals surface area contributed by atoms with E-state index in [1.807, 2.05) is 5.38 Å². The Bertz CT molecular complexity index is 227. The van der Waals surface area contributed by atoms with E-state index >= 15 is 0 Å². The molecule has 0 aromatic carbocycles. The monoisotopic (exact) mass is 154 g/mol. The minimum Gasteiger partial charge on any atom is -0.383 e. The lowest BCUT2D eigenvalue weighted by Gasteiger charge is -2.22. The summed E-state index contributed by atoms with van der Waals surface area (Å²) in [5.41, 5.74) is 5.49. The van der Waals surface area contributed by atoms with Gasteiger partial charge in [-0.05, 0) is 12.8 Å². The predicted molar refractivity (Wildman–Crippen MR) is 43.1 cm³/mol. The topological polar surface area (TPSA) is 38.9 Å². The van der Waals surface area contributed by atoms with E-state index in [2.05, 4.69) is 4.98 Å². The fourth-order valence-electron chi connectivity index (χ4n) is 1.14. The van der Waals surface area contributed by atoms with Crippen LogP contribution in [0.5, 0.6) is 0 Å². The Kier molecular flexibility index (Phi) is 1.38. The number of nitrogens with zero attached hydrogens (tertiary/aromatic N) is 1. The van der Waals surface area contributed by atoms with Gasteiger partial charge in [-0.2, -0.15) is 0 Å². The highest BCUT2D eigenvalue weighted by Gasteiger charge is 2.21. The molecule has 1 fully saturated rings. The molecule has 2 nitrogen and oxygen atoms in total. The first-order chi connectivity index (χ1) is 4.86. The molecule has 1 aromatic rings. The first kappa shape index (κ1) is 6.16. The normalized spacial score (nSPS) is 18.8. The summed E-state index contributed by atoms with van der Waals surface area (Å²) in [5, 5.41) is 3.16. The van der Waals surface area contributed by atoms with Crippen molar-refractivity contribution in [2.45, 2.75) is 25.2 Å². The van der Waals surface area contributed by atoms with Gasteiger partial charge in [0.15, 0.2) is 0 Å². The van der Waals surface area contributed by atoms with Crippen LogP contribution in [0.2, 0.25) is 0 Å². The van der Waals surface area contributed by atoms with Crippen molar-refractivity contribution >= 4 is 17.2 Å². The Morgan fingerprint density at radius 1 is 1.60 bits per heavy atom. The smallest absolute Gasteiger partial charge is 0.134 e. The van der Waals surface area contributed by atoms with Crippen LogP contribution in [0.1, 0.15) is 30.2 Å². The number of thiazole rings is 1. The lowest BCUT2D eigenvalue weighted by Crippen LogP contribution is -2.08. The van der Waals surface area contributed by atoms with Crippen molar-refractivity contribution in [2.75, 3.05) is 5.73 Å². The number of hydrogen-bond acceptors (Lipinski definition) is 3. The zero-order valence-corrected chi connectivity index (χ0v) is 6.53. The molecular weight excluding hydrogens is 144 g/mol. The van der Waals surface area contributed by atoms with E-state index in [9.17, 15) is 0 Å². The van der Waals surface area contributed by atoms with Crippen molar-refractivity contribution in [2.24, 2.45) is 0 Å². The van der Waals surface area contributed by atoms with E-state index in [0.717, 1.165) is 5.92 Å². The minimum absolute atomic E-state index is 0.687. The third-order valence-electron chi connectivity index (χ3n) is 1.99. The Morgan fingerprint density at radius 3 is 2.80 bits per heavy atom. The zero-order chi connectivity index (χ0) is 6.97. The van der Waals surface area contributed by atoms with Gasteiger partial charge in [-0.3, -0.25) is 0 Å². The van der Waals surface area contributed by atoms with Crippen molar-refractivity contribution in [3.63, 3.8) is 0 Å². The Hall–Kier alpha value is -0.570. The summed E-state index contributed by atoms with van der Waals surface area (Å²) in [4.78, 5) is 4.23. The van der Waals surface area contributed by atoms with Crippen molar-refractivity contribution in [1.29, 1.82) is 0 Å². The third-order valence-corrected chi connectivity index (χ3v) is 3.02. The van der Waals surface area contributed by atoms with Gasteiger partial charge in [-0.15, -0.1) is 11.3 Å². The van der Waals surface area contributed by atoms with E-state index < -0.39 is 0 Å². The van der Waals surface area contributed by atoms with Gasteiger partial charge in [-0.25, -0.2) is 4.98 Å². The molecule has 0 bridgehead atoms. The van der Waals surface area contributed by atoms with Crippen LogP contribution in [0, 0.1) is 0 Å². The van der Waals surface area contributed by atoms with Gasteiger partial charge in [-0.1, -0.05) is 6.42 Å². The molecule has 2 rings (SSSR count). The molecule has 2 N–H and O–H groups in total. The van der Waals surface area contributed by atoms with Crippen LogP contribution in [0.3, 0.4) is 0 Å². The zero-order valence-electron chi connectivity index (χ0n) is 5.71. The summed E-state index contributed by atoms with van der Waals surface area (Å²) in [6.45, 7) is 0. The van der Waals surface area contributed by atoms with Gasteiger partial charge in [0, 0.05) is 11.3 Å². The van der Waals surface area contributed by atoms with Crippen LogP contribution in [-0.4, -0.2) is 4.98 Å². The molecule has 1 aromatic heterocycles. The van der Waals surface area contributed by atoms with Gasteiger partial charge in [0.25, 0.3) is 0 Å². The molecule has 0 atom stereocenters. The van der Waals surface area contributed by atoms with Crippen molar-refractivity contribution in [3.05, 3.63) is 10.4 Å². The quantitative estimate of drug-likeness (QED) is 0.672. The molecule has 0 amide bonds. The summed E-state index contributed by atoms with van der Waals surface area (Å²) in [6.07, 6.45) is 3.99. The molecule has 0 saturated heterocycles. The fourth-order valence-corrected chi connectivity index (χ4v) is 2.02.